The number of halogens is 1. The molecule has 0 saturated carbocycles. The summed E-state index contributed by atoms with van der Waals surface area (Å²) in [6.07, 6.45) is 1.31. The maximum atomic E-state index is 6.04. The lowest BCUT2D eigenvalue weighted by Crippen LogP contribution is -2.44. The second kappa shape index (κ2) is 6.50. The summed E-state index contributed by atoms with van der Waals surface area (Å²) in [4.78, 5) is 10.8. The average molecular weight is 286 g/mol. The van der Waals surface area contributed by atoms with Gasteiger partial charge in [-0.1, -0.05) is 18.5 Å². The molecule has 0 bridgehead atoms. The highest BCUT2D eigenvalue weighted by Crippen LogP contribution is 2.25. The summed E-state index contributed by atoms with van der Waals surface area (Å²) in [5, 5.41) is 0.449. The number of anilines is 1. The lowest BCUT2D eigenvalue weighted by molar-refractivity contribution is 0.0496. The Morgan fingerprint density at radius 2 is 2.21 bits per heavy atom. The molecule has 1 aliphatic rings. The van der Waals surface area contributed by atoms with Gasteiger partial charge < -0.3 is 14.4 Å². The summed E-state index contributed by atoms with van der Waals surface area (Å²) in [5.74, 6) is 2.02. The van der Waals surface area contributed by atoms with Crippen LogP contribution in [0.15, 0.2) is 6.07 Å². The Bertz CT molecular complexity index is 430. The van der Waals surface area contributed by atoms with E-state index in [0.29, 0.717) is 23.5 Å². The van der Waals surface area contributed by atoms with Crippen LogP contribution in [0.1, 0.15) is 19.2 Å². The van der Waals surface area contributed by atoms with Crippen LogP contribution in [-0.2, 0) is 16.1 Å². The summed E-state index contributed by atoms with van der Waals surface area (Å²) in [7, 11) is 3.38. The topological polar surface area (TPSA) is 47.5 Å². The van der Waals surface area contributed by atoms with Gasteiger partial charge in [-0.15, -0.1) is 0 Å². The molecule has 2 atom stereocenters. The second-order valence-electron chi connectivity index (χ2n) is 4.88. The number of methoxy groups -OCH3 is 2. The van der Waals surface area contributed by atoms with Crippen LogP contribution < -0.4 is 4.90 Å². The fourth-order valence-electron chi connectivity index (χ4n) is 2.36. The first-order chi connectivity index (χ1) is 9.13. The molecular formula is C13H20ClN3O2. The third kappa shape index (κ3) is 3.55. The third-order valence-corrected chi connectivity index (χ3v) is 3.71. The van der Waals surface area contributed by atoms with E-state index in [9.17, 15) is 0 Å². The van der Waals surface area contributed by atoms with E-state index in [1.807, 2.05) is 0 Å². The molecule has 2 heterocycles. The fraction of sp³-hybridized carbons (Fsp3) is 0.692. The number of hydrogen-bond donors (Lipinski definition) is 0. The zero-order valence-electron chi connectivity index (χ0n) is 11.6. The van der Waals surface area contributed by atoms with Gasteiger partial charge in [-0.05, 0) is 12.3 Å². The minimum absolute atomic E-state index is 0.230. The Labute approximate surface area is 118 Å². The van der Waals surface area contributed by atoms with Gasteiger partial charge >= 0.3 is 0 Å². The number of hydrogen-bond acceptors (Lipinski definition) is 5. The monoisotopic (exact) mass is 285 g/mol. The number of rotatable bonds is 4. The van der Waals surface area contributed by atoms with Crippen LogP contribution in [0.4, 0.5) is 5.82 Å². The van der Waals surface area contributed by atoms with Gasteiger partial charge in [0.05, 0.1) is 6.10 Å². The van der Waals surface area contributed by atoms with Crippen LogP contribution in [0.3, 0.4) is 0 Å². The Kier molecular flexibility index (Phi) is 4.96. The standard InChI is InChI=1S/C13H20ClN3O2/c1-9-4-5-17(7-10(9)19-3)13-6-11(14)15-12(16-13)8-18-2/h6,9-10H,4-5,7-8H2,1-3H3. The van der Waals surface area contributed by atoms with E-state index in [4.69, 9.17) is 21.1 Å². The first-order valence-corrected chi connectivity index (χ1v) is 6.82. The third-order valence-electron chi connectivity index (χ3n) is 3.52. The molecule has 0 amide bonds. The summed E-state index contributed by atoms with van der Waals surface area (Å²) in [6, 6.07) is 1.80. The van der Waals surface area contributed by atoms with Crippen LogP contribution in [0.5, 0.6) is 0 Å². The molecular weight excluding hydrogens is 266 g/mol. The molecule has 1 aliphatic heterocycles. The molecule has 0 radical (unpaired) electrons. The van der Waals surface area contributed by atoms with Gasteiger partial charge in [0.1, 0.15) is 17.6 Å². The highest BCUT2D eigenvalue weighted by Gasteiger charge is 2.27. The van der Waals surface area contributed by atoms with Gasteiger partial charge in [0.15, 0.2) is 5.82 Å². The summed E-state index contributed by atoms with van der Waals surface area (Å²) >= 11 is 6.04. The molecule has 5 nitrogen and oxygen atoms in total. The highest BCUT2D eigenvalue weighted by molar-refractivity contribution is 6.29. The fourth-order valence-corrected chi connectivity index (χ4v) is 2.55. The predicted octanol–water partition coefficient (Wildman–Crippen LogP) is 2.14. The van der Waals surface area contributed by atoms with E-state index in [1.165, 1.54) is 0 Å². The molecule has 0 N–H and O–H groups in total. The molecule has 1 fully saturated rings. The van der Waals surface area contributed by atoms with Crippen LogP contribution in [0, 0.1) is 5.92 Å². The van der Waals surface area contributed by atoms with Crippen LogP contribution in [-0.4, -0.2) is 43.4 Å². The van der Waals surface area contributed by atoms with Crippen molar-refractivity contribution >= 4 is 17.4 Å². The Morgan fingerprint density at radius 1 is 1.42 bits per heavy atom. The van der Waals surface area contributed by atoms with E-state index < -0.39 is 0 Å². The Morgan fingerprint density at radius 3 is 2.89 bits per heavy atom. The molecule has 2 unspecified atom stereocenters. The number of ether oxygens (including phenoxy) is 2. The van der Waals surface area contributed by atoms with Crippen molar-refractivity contribution in [3.63, 3.8) is 0 Å². The molecule has 1 saturated heterocycles. The van der Waals surface area contributed by atoms with E-state index in [2.05, 4.69) is 21.8 Å². The molecule has 0 aliphatic carbocycles. The quantitative estimate of drug-likeness (QED) is 0.793. The molecule has 0 spiro atoms. The molecule has 6 heteroatoms. The first-order valence-electron chi connectivity index (χ1n) is 6.44. The van der Waals surface area contributed by atoms with Crippen molar-refractivity contribution in [1.82, 2.24) is 9.97 Å². The van der Waals surface area contributed by atoms with Crippen LogP contribution in [0.25, 0.3) is 0 Å². The van der Waals surface area contributed by atoms with Gasteiger partial charge in [0, 0.05) is 33.4 Å². The SMILES string of the molecule is COCc1nc(Cl)cc(N2CCC(C)C(OC)C2)n1. The van der Waals surface area contributed by atoms with Crippen molar-refractivity contribution in [2.75, 3.05) is 32.2 Å². The predicted molar refractivity (Wildman–Crippen MR) is 74.5 cm³/mol. The normalized spacial score (nSPS) is 23.7. The summed E-state index contributed by atoms with van der Waals surface area (Å²) < 4.78 is 10.6. The smallest absolute Gasteiger partial charge is 0.158 e. The lowest BCUT2D eigenvalue weighted by Gasteiger charge is -2.36. The van der Waals surface area contributed by atoms with Gasteiger partial charge in [-0.3, -0.25) is 0 Å². The molecule has 1 aromatic heterocycles. The van der Waals surface area contributed by atoms with Gasteiger partial charge in [0.2, 0.25) is 0 Å². The Balaban J connectivity index is 2.17. The Hall–Kier alpha value is -0.910. The van der Waals surface area contributed by atoms with E-state index >= 15 is 0 Å². The molecule has 0 aromatic carbocycles. The van der Waals surface area contributed by atoms with Gasteiger partial charge in [0.25, 0.3) is 0 Å². The van der Waals surface area contributed by atoms with Crippen LogP contribution in [0.2, 0.25) is 5.15 Å². The van der Waals surface area contributed by atoms with E-state index in [-0.39, 0.29) is 6.10 Å². The van der Waals surface area contributed by atoms with Crippen molar-refractivity contribution in [2.24, 2.45) is 5.92 Å². The van der Waals surface area contributed by atoms with E-state index in [1.54, 1.807) is 20.3 Å². The number of nitrogens with zero attached hydrogens (tertiary/aromatic N) is 3. The number of piperidine rings is 1. The molecule has 106 valence electrons. The lowest BCUT2D eigenvalue weighted by atomic mass is 9.96. The first kappa shape index (κ1) is 14.5. The van der Waals surface area contributed by atoms with Crippen molar-refractivity contribution in [1.29, 1.82) is 0 Å². The minimum Gasteiger partial charge on any atom is -0.379 e. The van der Waals surface area contributed by atoms with Crippen molar-refractivity contribution in [3.05, 3.63) is 17.0 Å². The minimum atomic E-state index is 0.230. The summed E-state index contributed by atoms with van der Waals surface area (Å²) in [6.45, 7) is 4.37. The largest absolute Gasteiger partial charge is 0.379 e. The highest BCUT2D eigenvalue weighted by atomic mass is 35.5. The second-order valence-corrected chi connectivity index (χ2v) is 5.27. The maximum Gasteiger partial charge on any atom is 0.158 e. The van der Waals surface area contributed by atoms with E-state index in [0.717, 1.165) is 25.3 Å². The van der Waals surface area contributed by atoms with Gasteiger partial charge in [-0.25, -0.2) is 9.97 Å². The molecule has 2 rings (SSSR count). The molecule has 19 heavy (non-hydrogen) atoms. The molecule has 1 aromatic rings. The van der Waals surface area contributed by atoms with Gasteiger partial charge in [-0.2, -0.15) is 0 Å². The number of aromatic nitrogens is 2. The average Bonchev–Trinajstić information content (AvgIpc) is 2.39. The van der Waals surface area contributed by atoms with Crippen molar-refractivity contribution in [2.45, 2.75) is 26.1 Å². The maximum absolute atomic E-state index is 6.04. The zero-order chi connectivity index (χ0) is 13.8. The van der Waals surface area contributed by atoms with Crippen LogP contribution >= 0.6 is 11.6 Å². The summed E-state index contributed by atoms with van der Waals surface area (Å²) in [5.41, 5.74) is 0. The van der Waals surface area contributed by atoms with Crippen molar-refractivity contribution < 1.29 is 9.47 Å². The zero-order valence-corrected chi connectivity index (χ0v) is 12.4. The van der Waals surface area contributed by atoms with Crippen molar-refractivity contribution in [3.8, 4) is 0 Å².